The summed E-state index contributed by atoms with van der Waals surface area (Å²) in [6.07, 6.45) is 1.03. The molecular formula is C21H10Cl2F3NO2S. The number of halogens is 5. The summed E-state index contributed by atoms with van der Waals surface area (Å²) in [6, 6.07) is 10.6. The van der Waals surface area contributed by atoms with Crippen LogP contribution in [0.3, 0.4) is 0 Å². The number of nitrogens with zero attached hydrogens (tertiary/aromatic N) is 1. The van der Waals surface area contributed by atoms with Crippen LogP contribution in [0.4, 0.5) is 13.2 Å². The number of fused-ring (bicyclic) bond motifs is 1. The highest BCUT2D eigenvalue weighted by molar-refractivity contribution is 7.91. The molecule has 152 valence electrons. The van der Waals surface area contributed by atoms with Crippen molar-refractivity contribution in [1.82, 2.24) is 4.98 Å². The van der Waals surface area contributed by atoms with Gasteiger partial charge in [-0.05, 0) is 42.0 Å². The van der Waals surface area contributed by atoms with Crippen molar-refractivity contribution in [2.24, 2.45) is 0 Å². The fraction of sp³-hybridized carbons (Fsp3) is 0. The highest BCUT2D eigenvalue weighted by atomic mass is 35.5. The lowest BCUT2D eigenvalue weighted by molar-refractivity contribution is 0.591. The van der Waals surface area contributed by atoms with Crippen LogP contribution in [0.15, 0.2) is 70.6 Å². The zero-order chi connectivity index (χ0) is 21.6. The maximum absolute atomic E-state index is 13.9. The third kappa shape index (κ3) is 3.53. The van der Waals surface area contributed by atoms with Crippen molar-refractivity contribution in [1.29, 1.82) is 0 Å². The first kappa shape index (κ1) is 20.7. The maximum atomic E-state index is 13.9. The van der Waals surface area contributed by atoms with Gasteiger partial charge in [-0.25, -0.2) is 21.6 Å². The van der Waals surface area contributed by atoms with E-state index in [4.69, 9.17) is 23.2 Å². The maximum Gasteiger partial charge on any atom is 0.208 e. The first-order valence-electron chi connectivity index (χ1n) is 8.42. The van der Waals surface area contributed by atoms with Gasteiger partial charge in [-0.1, -0.05) is 35.3 Å². The lowest BCUT2D eigenvalue weighted by atomic mass is 10.0. The Hall–Kier alpha value is -2.61. The zero-order valence-electron chi connectivity index (χ0n) is 14.8. The minimum Gasteiger partial charge on any atom is -0.255 e. The van der Waals surface area contributed by atoms with Crippen LogP contribution >= 0.6 is 23.2 Å². The number of hydrogen-bond acceptors (Lipinski definition) is 3. The van der Waals surface area contributed by atoms with Gasteiger partial charge in [0, 0.05) is 23.2 Å². The van der Waals surface area contributed by atoms with Crippen LogP contribution in [0.2, 0.25) is 10.0 Å². The van der Waals surface area contributed by atoms with Crippen molar-refractivity contribution in [3.63, 3.8) is 0 Å². The van der Waals surface area contributed by atoms with Crippen molar-refractivity contribution in [3.05, 3.63) is 88.3 Å². The topological polar surface area (TPSA) is 47.0 Å². The molecule has 0 bridgehead atoms. The van der Waals surface area contributed by atoms with E-state index in [1.807, 2.05) is 0 Å². The smallest absolute Gasteiger partial charge is 0.208 e. The van der Waals surface area contributed by atoms with Gasteiger partial charge in [0.1, 0.15) is 17.5 Å². The molecule has 0 spiro atoms. The Morgan fingerprint density at radius 3 is 2.27 bits per heavy atom. The van der Waals surface area contributed by atoms with Crippen LogP contribution in [0.25, 0.3) is 22.0 Å². The van der Waals surface area contributed by atoms with E-state index in [0.29, 0.717) is 0 Å². The summed E-state index contributed by atoms with van der Waals surface area (Å²) in [5, 5.41) is -0.297. The average Bonchev–Trinajstić information content (AvgIpc) is 2.70. The average molecular weight is 468 g/mol. The molecule has 0 aliphatic carbocycles. The molecule has 4 aromatic rings. The molecule has 3 aromatic carbocycles. The second kappa shape index (κ2) is 7.58. The first-order chi connectivity index (χ1) is 14.2. The quantitative estimate of drug-likeness (QED) is 0.347. The number of aromatic nitrogens is 1. The van der Waals surface area contributed by atoms with Crippen molar-refractivity contribution in [2.45, 2.75) is 9.79 Å². The predicted molar refractivity (Wildman–Crippen MR) is 109 cm³/mol. The van der Waals surface area contributed by atoms with Gasteiger partial charge in [0.2, 0.25) is 9.84 Å². The molecule has 0 amide bonds. The predicted octanol–water partition coefficient (Wildman–Crippen LogP) is 6.46. The van der Waals surface area contributed by atoms with E-state index in [-0.39, 0.29) is 41.9 Å². The second-order valence-electron chi connectivity index (χ2n) is 6.37. The number of hydrogen-bond donors (Lipinski definition) is 0. The van der Waals surface area contributed by atoms with Crippen LogP contribution in [0.5, 0.6) is 0 Å². The Balaban J connectivity index is 2.10. The molecule has 0 fully saturated rings. The molecule has 30 heavy (non-hydrogen) atoms. The molecule has 0 unspecified atom stereocenters. The van der Waals surface area contributed by atoms with Crippen molar-refractivity contribution in [3.8, 4) is 11.1 Å². The number of pyridine rings is 1. The summed E-state index contributed by atoms with van der Waals surface area (Å²) in [5.74, 6) is -2.26. The van der Waals surface area contributed by atoms with E-state index < -0.39 is 27.3 Å². The fourth-order valence-electron chi connectivity index (χ4n) is 3.09. The molecular weight excluding hydrogens is 458 g/mol. The molecule has 0 saturated heterocycles. The summed E-state index contributed by atoms with van der Waals surface area (Å²) < 4.78 is 68.4. The standard InChI is InChI=1S/C21H10Cl2F3NO2S/c22-15-5-4-13(7-17(15)25)30(28,29)20-10-27-19-9-18(26)16(23)8-14(19)21(20)11-2-1-3-12(24)6-11/h1-10H. The summed E-state index contributed by atoms with van der Waals surface area (Å²) in [7, 11) is -4.30. The van der Waals surface area contributed by atoms with E-state index in [2.05, 4.69) is 4.98 Å². The van der Waals surface area contributed by atoms with Gasteiger partial charge in [0.25, 0.3) is 0 Å². The lowest BCUT2D eigenvalue weighted by Gasteiger charge is -2.14. The van der Waals surface area contributed by atoms with Crippen molar-refractivity contribution in [2.75, 3.05) is 0 Å². The Bertz CT molecular complexity index is 1430. The van der Waals surface area contributed by atoms with E-state index in [1.165, 1.54) is 24.3 Å². The summed E-state index contributed by atoms with van der Waals surface area (Å²) >= 11 is 11.6. The van der Waals surface area contributed by atoms with Crippen LogP contribution < -0.4 is 0 Å². The Morgan fingerprint density at radius 1 is 0.833 bits per heavy atom. The van der Waals surface area contributed by atoms with E-state index in [9.17, 15) is 21.6 Å². The largest absolute Gasteiger partial charge is 0.255 e. The highest BCUT2D eigenvalue weighted by Gasteiger charge is 2.26. The van der Waals surface area contributed by atoms with Crippen LogP contribution in [0.1, 0.15) is 0 Å². The second-order valence-corrected chi connectivity index (χ2v) is 9.10. The molecule has 3 nitrogen and oxygen atoms in total. The highest BCUT2D eigenvalue weighted by Crippen LogP contribution is 2.38. The Labute approximate surface area is 179 Å². The van der Waals surface area contributed by atoms with Gasteiger partial charge in [-0.2, -0.15) is 0 Å². The Morgan fingerprint density at radius 2 is 1.57 bits per heavy atom. The molecule has 1 aromatic heterocycles. The Kier molecular flexibility index (Phi) is 5.22. The van der Waals surface area contributed by atoms with E-state index >= 15 is 0 Å². The van der Waals surface area contributed by atoms with E-state index in [1.54, 1.807) is 0 Å². The van der Waals surface area contributed by atoms with Gasteiger partial charge in [0.15, 0.2) is 0 Å². The van der Waals surface area contributed by atoms with Crippen molar-refractivity contribution < 1.29 is 21.6 Å². The summed E-state index contributed by atoms with van der Waals surface area (Å²) in [4.78, 5) is 3.35. The number of rotatable bonds is 3. The van der Waals surface area contributed by atoms with Gasteiger partial charge in [-0.15, -0.1) is 0 Å². The third-order valence-electron chi connectivity index (χ3n) is 4.48. The molecule has 1 heterocycles. The summed E-state index contributed by atoms with van der Waals surface area (Å²) in [5.41, 5.74) is 0.396. The summed E-state index contributed by atoms with van der Waals surface area (Å²) in [6.45, 7) is 0. The molecule has 0 atom stereocenters. The van der Waals surface area contributed by atoms with Crippen LogP contribution in [-0.2, 0) is 9.84 Å². The first-order valence-corrected chi connectivity index (χ1v) is 10.7. The minimum absolute atomic E-state index is 0.0664. The zero-order valence-corrected chi connectivity index (χ0v) is 17.2. The molecule has 9 heteroatoms. The molecule has 0 N–H and O–H groups in total. The van der Waals surface area contributed by atoms with Gasteiger partial charge in [-0.3, -0.25) is 4.98 Å². The monoisotopic (exact) mass is 467 g/mol. The molecule has 0 radical (unpaired) electrons. The van der Waals surface area contributed by atoms with Crippen LogP contribution in [-0.4, -0.2) is 13.4 Å². The molecule has 0 aliphatic heterocycles. The minimum atomic E-state index is -4.30. The SMILES string of the molecule is O=S(=O)(c1ccc(Cl)c(F)c1)c1cnc2cc(F)c(Cl)cc2c1-c1cccc(F)c1. The van der Waals surface area contributed by atoms with Crippen LogP contribution in [0, 0.1) is 17.5 Å². The number of sulfone groups is 1. The van der Waals surface area contributed by atoms with Gasteiger partial charge in [0.05, 0.1) is 25.4 Å². The van der Waals surface area contributed by atoms with Crippen molar-refractivity contribution >= 4 is 43.9 Å². The molecule has 4 rings (SSSR count). The molecule has 0 saturated carbocycles. The number of benzene rings is 3. The van der Waals surface area contributed by atoms with E-state index in [0.717, 1.165) is 36.5 Å². The molecule has 0 aliphatic rings. The fourth-order valence-corrected chi connectivity index (χ4v) is 4.81. The van der Waals surface area contributed by atoms with Gasteiger partial charge < -0.3 is 0 Å². The normalized spacial score (nSPS) is 11.8. The third-order valence-corrected chi connectivity index (χ3v) is 6.84. The lowest BCUT2D eigenvalue weighted by Crippen LogP contribution is -2.06. The van der Waals surface area contributed by atoms with Gasteiger partial charge >= 0.3 is 0 Å².